The van der Waals surface area contributed by atoms with Crippen LogP contribution >= 0.6 is 11.8 Å². The normalized spacial score (nSPS) is 13.9. The van der Waals surface area contributed by atoms with Gasteiger partial charge in [-0.25, -0.2) is 0 Å². The quantitative estimate of drug-likeness (QED) is 0.844. The Labute approximate surface area is 124 Å². The number of aliphatic hydroxyl groups excluding tert-OH is 2. The molecule has 1 aromatic carbocycles. The van der Waals surface area contributed by atoms with Crippen molar-refractivity contribution in [2.45, 2.75) is 39.4 Å². The van der Waals surface area contributed by atoms with E-state index < -0.39 is 12.2 Å². The van der Waals surface area contributed by atoms with Crippen LogP contribution in [0.4, 0.5) is 0 Å². The molecule has 0 saturated heterocycles. The molecule has 1 rings (SSSR count). The molecule has 0 bridgehead atoms. The maximum absolute atomic E-state index is 10.8. The predicted octanol–water partition coefficient (Wildman–Crippen LogP) is 2.38. The third-order valence-corrected chi connectivity index (χ3v) is 4.03. The Morgan fingerprint density at radius 3 is 2.30 bits per heavy atom. The fraction of sp³-hybridized carbons (Fsp3) is 0.533. The Morgan fingerprint density at radius 1 is 1.30 bits per heavy atom. The van der Waals surface area contributed by atoms with Gasteiger partial charge in [-0.15, -0.1) is 0 Å². The highest BCUT2D eigenvalue weighted by molar-refractivity contribution is 8.13. The molecule has 0 aliphatic carbocycles. The van der Waals surface area contributed by atoms with Gasteiger partial charge in [0.1, 0.15) is 11.9 Å². The van der Waals surface area contributed by atoms with Gasteiger partial charge in [0.15, 0.2) is 5.12 Å². The third-order valence-electron chi connectivity index (χ3n) is 3.18. The summed E-state index contributed by atoms with van der Waals surface area (Å²) in [5, 5.41) is 20.4. The van der Waals surface area contributed by atoms with Crippen molar-refractivity contribution in [1.29, 1.82) is 0 Å². The molecular weight excluding hydrogens is 276 g/mol. The average molecular weight is 298 g/mol. The average Bonchev–Trinajstić information content (AvgIpc) is 2.36. The molecule has 0 amide bonds. The van der Waals surface area contributed by atoms with Crippen LogP contribution < -0.4 is 4.74 Å². The van der Waals surface area contributed by atoms with Crippen molar-refractivity contribution in [3.63, 3.8) is 0 Å². The molecule has 0 aliphatic heterocycles. The highest BCUT2D eigenvalue weighted by Gasteiger charge is 2.22. The molecule has 20 heavy (non-hydrogen) atoms. The molecule has 2 N–H and O–H groups in total. The number of hydrogen-bond acceptors (Lipinski definition) is 5. The molecule has 0 radical (unpaired) electrons. The van der Waals surface area contributed by atoms with E-state index in [1.807, 2.05) is 26.0 Å². The summed E-state index contributed by atoms with van der Waals surface area (Å²) < 4.78 is 5.18. The van der Waals surface area contributed by atoms with E-state index in [4.69, 9.17) is 4.74 Å². The SMILES string of the molecule is COc1cc(C)c(C(O)C(O)CCSC(C)=O)c(C)c1. The van der Waals surface area contributed by atoms with Gasteiger partial charge in [-0.1, -0.05) is 11.8 Å². The monoisotopic (exact) mass is 298 g/mol. The van der Waals surface area contributed by atoms with Crippen LogP contribution in [-0.4, -0.2) is 34.3 Å². The summed E-state index contributed by atoms with van der Waals surface area (Å²) >= 11 is 1.16. The van der Waals surface area contributed by atoms with Crippen molar-refractivity contribution >= 4 is 16.9 Å². The first kappa shape index (κ1) is 17.0. The summed E-state index contributed by atoms with van der Waals surface area (Å²) in [6.45, 7) is 5.25. The van der Waals surface area contributed by atoms with Crippen molar-refractivity contribution in [2.75, 3.05) is 12.9 Å². The standard InChI is InChI=1S/C15H22O4S/c1-9-7-12(19-4)8-10(2)14(9)15(18)13(17)5-6-20-11(3)16/h7-8,13,15,17-18H,5-6H2,1-4H3. The van der Waals surface area contributed by atoms with Crippen molar-refractivity contribution in [3.05, 3.63) is 28.8 Å². The Hall–Kier alpha value is -1.04. The molecule has 112 valence electrons. The molecule has 0 spiro atoms. The number of ether oxygens (including phenoxy) is 1. The lowest BCUT2D eigenvalue weighted by Crippen LogP contribution is -2.21. The first-order valence-corrected chi connectivity index (χ1v) is 7.50. The van der Waals surface area contributed by atoms with E-state index in [0.29, 0.717) is 12.2 Å². The smallest absolute Gasteiger partial charge is 0.185 e. The van der Waals surface area contributed by atoms with Gasteiger partial charge in [0.25, 0.3) is 0 Å². The number of carbonyl (C=O) groups is 1. The van der Waals surface area contributed by atoms with Gasteiger partial charge in [-0.05, 0) is 49.1 Å². The van der Waals surface area contributed by atoms with Gasteiger partial charge in [0.05, 0.1) is 13.2 Å². The van der Waals surface area contributed by atoms with Gasteiger partial charge in [-0.3, -0.25) is 4.79 Å². The van der Waals surface area contributed by atoms with Crippen molar-refractivity contribution in [3.8, 4) is 5.75 Å². The zero-order valence-electron chi connectivity index (χ0n) is 12.3. The maximum Gasteiger partial charge on any atom is 0.185 e. The van der Waals surface area contributed by atoms with Crippen LogP contribution in [0.3, 0.4) is 0 Å². The number of rotatable bonds is 6. The highest BCUT2D eigenvalue weighted by Crippen LogP contribution is 2.30. The van der Waals surface area contributed by atoms with E-state index in [-0.39, 0.29) is 5.12 Å². The van der Waals surface area contributed by atoms with Crippen LogP contribution in [0.25, 0.3) is 0 Å². The third kappa shape index (κ3) is 4.51. The van der Waals surface area contributed by atoms with Crippen molar-refractivity contribution in [2.24, 2.45) is 0 Å². The molecule has 4 nitrogen and oxygen atoms in total. The molecule has 5 heteroatoms. The molecule has 0 aromatic heterocycles. The summed E-state index contributed by atoms with van der Waals surface area (Å²) in [7, 11) is 1.60. The zero-order valence-corrected chi connectivity index (χ0v) is 13.2. The molecule has 0 saturated carbocycles. The number of carbonyl (C=O) groups excluding carboxylic acids is 1. The van der Waals surface area contributed by atoms with Crippen LogP contribution in [0.5, 0.6) is 5.75 Å². The summed E-state index contributed by atoms with van der Waals surface area (Å²) in [6, 6.07) is 3.67. The second-order valence-corrected chi connectivity index (χ2v) is 6.09. The predicted molar refractivity (Wildman–Crippen MR) is 81.2 cm³/mol. The molecule has 1 aromatic rings. The van der Waals surface area contributed by atoms with Crippen LogP contribution in [0.1, 0.15) is 36.1 Å². The van der Waals surface area contributed by atoms with Crippen LogP contribution in [-0.2, 0) is 4.79 Å². The van der Waals surface area contributed by atoms with E-state index in [0.717, 1.165) is 34.2 Å². The van der Waals surface area contributed by atoms with E-state index >= 15 is 0 Å². The van der Waals surface area contributed by atoms with Gasteiger partial charge in [0.2, 0.25) is 0 Å². The number of thioether (sulfide) groups is 1. The van der Waals surface area contributed by atoms with Gasteiger partial charge in [0, 0.05) is 12.7 Å². The number of benzene rings is 1. The Balaban J connectivity index is 2.80. The molecule has 2 unspecified atom stereocenters. The number of aliphatic hydroxyl groups is 2. The maximum atomic E-state index is 10.8. The first-order valence-electron chi connectivity index (χ1n) is 6.51. The molecule has 0 heterocycles. The van der Waals surface area contributed by atoms with Crippen molar-refractivity contribution < 1.29 is 19.7 Å². The summed E-state index contributed by atoms with van der Waals surface area (Å²) in [6.07, 6.45) is -1.46. The lowest BCUT2D eigenvalue weighted by molar-refractivity contribution is -0.109. The lowest BCUT2D eigenvalue weighted by atomic mass is 9.93. The second kappa shape index (κ2) is 7.67. The van der Waals surface area contributed by atoms with Crippen LogP contribution in [0.15, 0.2) is 12.1 Å². The van der Waals surface area contributed by atoms with E-state index in [1.165, 1.54) is 6.92 Å². The van der Waals surface area contributed by atoms with E-state index in [1.54, 1.807) is 7.11 Å². The van der Waals surface area contributed by atoms with Gasteiger partial charge in [-0.2, -0.15) is 0 Å². The Bertz CT molecular complexity index is 450. The largest absolute Gasteiger partial charge is 0.497 e. The summed E-state index contributed by atoms with van der Waals surface area (Å²) in [5.41, 5.74) is 2.49. The van der Waals surface area contributed by atoms with Crippen LogP contribution in [0, 0.1) is 13.8 Å². The number of methoxy groups -OCH3 is 1. The van der Waals surface area contributed by atoms with Gasteiger partial charge >= 0.3 is 0 Å². The number of aryl methyl sites for hydroxylation is 2. The minimum Gasteiger partial charge on any atom is -0.497 e. The lowest BCUT2D eigenvalue weighted by Gasteiger charge is -2.22. The number of hydrogen-bond donors (Lipinski definition) is 2. The second-order valence-electron chi connectivity index (χ2n) is 4.82. The summed E-state index contributed by atoms with van der Waals surface area (Å²) in [4.78, 5) is 10.8. The molecule has 2 atom stereocenters. The Morgan fingerprint density at radius 2 is 1.85 bits per heavy atom. The molecule has 0 aliphatic rings. The van der Waals surface area contributed by atoms with Gasteiger partial charge < -0.3 is 14.9 Å². The van der Waals surface area contributed by atoms with E-state index in [9.17, 15) is 15.0 Å². The van der Waals surface area contributed by atoms with E-state index in [2.05, 4.69) is 0 Å². The zero-order chi connectivity index (χ0) is 15.3. The highest BCUT2D eigenvalue weighted by atomic mass is 32.2. The minimum absolute atomic E-state index is 0.0171. The minimum atomic E-state index is -0.950. The van der Waals surface area contributed by atoms with Crippen molar-refractivity contribution in [1.82, 2.24) is 0 Å². The topological polar surface area (TPSA) is 66.8 Å². The fourth-order valence-corrected chi connectivity index (χ4v) is 2.84. The molecule has 0 fully saturated rings. The van der Waals surface area contributed by atoms with Crippen LogP contribution in [0.2, 0.25) is 0 Å². The first-order chi connectivity index (χ1) is 9.36. The molecular formula is C15H22O4S. The Kier molecular flexibility index (Phi) is 6.52. The summed E-state index contributed by atoms with van der Waals surface area (Å²) in [5.74, 6) is 1.24. The fourth-order valence-electron chi connectivity index (χ4n) is 2.19.